The van der Waals surface area contributed by atoms with Gasteiger partial charge in [0.25, 0.3) is 0 Å². The van der Waals surface area contributed by atoms with Gasteiger partial charge in [0.15, 0.2) is 0 Å². The number of carbonyl (C=O) groups excluding carboxylic acids is 1. The number of methoxy groups -OCH3 is 1. The van der Waals surface area contributed by atoms with Crippen molar-refractivity contribution in [2.75, 3.05) is 12.8 Å². The van der Waals surface area contributed by atoms with Gasteiger partial charge in [-0.15, -0.1) is 0 Å². The van der Waals surface area contributed by atoms with Gasteiger partial charge in [-0.05, 0) is 30.7 Å². The first kappa shape index (κ1) is 21.1. The van der Waals surface area contributed by atoms with Gasteiger partial charge < -0.3 is 16.2 Å². The van der Waals surface area contributed by atoms with E-state index >= 15 is 0 Å². The van der Waals surface area contributed by atoms with Crippen molar-refractivity contribution < 1.29 is 22.7 Å². The predicted molar refractivity (Wildman–Crippen MR) is 99.3 cm³/mol. The number of carbonyl (C=O) groups is 1. The maximum absolute atomic E-state index is 13.0. The van der Waals surface area contributed by atoms with E-state index in [9.17, 15) is 18.0 Å². The Bertz CT molecular complexity index is 816. The molecule has 0 aliphatic heterocycles. The van der Waals surface area contributed by atoms with Gasteiger partial charge in [-0.2, -0.15) is 13.2 Å². The van der Waals surface area contributed by atoms with Gasteiger partial charge in [0.05, 0.1) is 18.0 Å². The van der Waals surface area contributed by atoms with Crippen LogP contribution in [0, 0.1) is 0 Å². The van der Waals surface area contributed by atoms with Gasteiger partial charge in [0.1, 0.15) is 5.54 Å². The molecule has 0 amide bonds. The van der Waals surface area contributed by atoms with Crippen LogP contribution in [-0.2, 0) is 21.2 Å². The number of hydrogen-bond donors (Lipinski definition) is 3. The minimum Gasteiger partial charge on any atom is -0.467 e. The second kappa shape index (κ2) is 8.20. The van der Waals surface area contributed by atoms with E-state index < -0.39 is 28.6 Å². The molecule has 27 heavy (non-hydrogen) atoms. The molecule has 2 rings (SSSR count). The normalized spacial score (nSPS) is 15.0. The Morgan fingerprint density at radius 3 is 2.37 bits per heavy atom. The molecular weight excluding hydrogens is 379 g/mol. The van der Waals surface area contributed by atoms with Gasteiger partial charge >= 0.3 is 12.1 Å². The lowest BCUT2D eigenvalue weighted by molar-refractivity contribution is -0.147. The van der Waals surface area contributed by atoms with Crippen molar-refractivity contribution in [1.82, 2.24) is 4.72 Å². The highest BCUT2D eigenvalue weighted by Gasteiger charge is 2.39. The first-order chi connectivity index (χ1) is 12.6. The summed E-state index contributed by atoms with van der Waals surface area (Å²) >= 11 is 0.968. The Morgan fingerprint density at radius 2 is 1.78 bits per heavy atom. The number of ether oxygens (including phenoxy) is 1. The summed E-state index contributed by atoms with van der Waals surface area (Å²) in [5.41, 5.74) is 10.8. The number of hydrogen-bond acceptors (Lipinski definition) is 6. The van der Waals surface area contributed by atoms with E-state index in [0.717, 1.165) is 31.2 Å². The lowest BCUT2D eigenvalue weighted by Crippen LogP contribution is -2.45. The first-order valence-electron chi connectivity index (χ1n) is 7.88. The number of alkyl halides is 3. The van der Waals surface area contributed by atoms with Crippen LogP contribution in [0.1, 0.15) is 29.0 Å². The second-order valence-corrected chi connectivity index (χ2v) is 6.91. The molecule has 0 aliphatic rings. The average Bonchev–Trinajstić information content (AvgIpc) is 2.65. The fourth-order valence-corrected chi connectivity index (χ4v) is 3.35. The molecule has 0 bridgehead atoms. The third kappa shape index (κ3) is 4.74. The van der Waals surface area contributed by atoms with Crippen LogP contribution in [0.5, 0.6) is 0 Å². The van der Waals surface area contributed by atoms with Crippen molar-refractivity contribution in [2.24, 2.45) is 5.73 Å². The zero-order valence-corrected chi connectivity index (χ0v) is 15.5. The third-order valence-electron chi connectivity index (χ3n) is 4.05. The number of nitrogens with two attached hydrogens (primary N) is 2. The fourth-order valence-electron chi connectivity index (χ4n) is 2.44. The van der Waals surface area contributed by atoms with Crippen molar-refractivity contribution in [3.8, 4) is 0 Å². The summed E-state index contributed by atoms with van der Waals surface area (Å²) in [4.78, 5) is 12.4. The fraction of sp³-hybridized carbons (Fsp3) is 0.278. The molecule has 0 fully saturated rings. The Hall–Kier alpha value is -2.23. The van der Waals surface area contributed by atoms with Crippen LogP contribution in [0.3, 0.4) is 0 Å². The van der Waals surface area contributed by atoms with E-state index in [1.165, 1.54) is 19.1 Å². The molecule has 0 radical (unpaired) electrons. The molecule has 5 nitrogen and oxygen atoms in total. The van der Waals surface area contributed by atoms with Crippen LogP contribution >= 0.6 is 11.9 Å². The molecule has 2 unspecified atom stereocenters. The van der Waals surface area contributed by atoms with E-state index in [1.807, 2.05) is 0 Å². The van der Waals surface area contributed by atoms with E-state index in [-0.39, 0.29) is 5.56 Å². The summed E-state index contributed by atoms with van der Waals surface area (Å²) in [6, 6.07) is 11.4. The quantitative estimate of drug-likeness (QED) is 0.298. The zero-order chi connectivity index (χ0) is 20.2. The Morgan fingerprint density at radius 1 is 1.15 bits per heavy atom. The number of para-hydroxylation sites is 1. The second-order valence-electron chi connectivity index (χ2n) is 5.96. The van der Waals surface area contributed by atoms with Gasteiger partial charge in [-0.25, -0.2) is 9.52 Å². The highest BCUT2D eigenvalue weighted by atomic mass is 32.2. The molecule has 2 aromatic carbocycles. The number of nitrogen functional groups attached to an aromatic ring is 1. The van der Waals surface area contributed by atoms with Crippen molar-refractivity contribution in [3.05, 3.63) is 65.2 Å². The molecule has 5 N–H and O–H groups in total. The first-order valence-corrected chi connectivity index (χ1v) is 8.76. The number of benzene rings is 2. The molecule has 9 heteroatoms. The summed E-state index contributed by atoms with van der Waals surface area (Å²) in [7, 11) is 1.16. The number of rotatable bonds is 6. The van der Waals surface area contributed by atoms with E-state index in [2.05, 4.69) is 4.72 Å². The lowest BCUT2D eigenvalue weighted by Gasteiger charge is -2.30. The van der Waals surface area contributed by atoms with E-state index in [0.29, 0.717) is 11.3 Å². The number of anilines is 1. The maximum atomic E-state index is 13.0. The molecule has 2 aromatic rings. The molecule has 2 atom stereocenters. The van der Waals surface area contributed by atoms with Crippen molar-refractivity contribution >= 4 is 23.6 Å². The van der Waals surface area contributed by atoms with Crippen molar-refractivity contribution in [1.29, 1.82) is 0 Å². The number of halogens is 3. The lowest BCUT2D eigenvalue weighted by atomic mass is 9.92. The SMILES string of the molecule is COC(=O)C(C)(NSC(N)c1ccccc1N)c1cccc(C(F)(F)F)c1. The summed E-state index contributed by atoms with van der Waals surface area (Å²) in [6.07, 6.45) is -4.53. The highest BCUT2D eigenvalue weighted by Crippen LogP contribution is 2.35. The molecule has 146 valence electrons. The summed E-state index contributed by atoms with van der Waals surface area (Å²) < 4.78 is 46.8. The molecule has 0 saturated carbocycles. The minimum absolute atomic E-state index is 0.102. The standard InChI is InChI=1S/C18H20F3N3O2S/c1-17(16(25)26-2,11-6-5-7-12(10-11)18(19,20)21)24-27-15(23)13-8-3-4-9-14(13)22/h3-10,15,24H,22-23H2,1-2H3. The third-order valence-corrected chi connectivity index (χ3v) is 5.09. The van der Waals surface area contributed by atoms with Crippen molar-refractivity contribution in [3.63, 3.8) is 0 Å². The van der Waals surface area contributed by atoms with Gasteiger partial charge in [-0.1, -0.05) is 42.3 Å². The summed E-state index contributed by atoms with van der Waals surface area (Å²) in [5, 5.41) is -0.652. The minimum atomic E-state index is -4.53. The Balaban J connectivity index is 2.32. The van der Waals surface area contributed by atoms with E-state index in [1.54, 1.807) is 24.3 Å². The smallest absolute Gasteiger partial charge is 0.416 e. The highest BCUT2D eigenvalue weighted by molar-refractivity contribution is 7.97. The molecule has 0 heterocycles. The van der Waals surface area contributed by atoms with Crippen LogP contribution < -0.4 is 16.2 Å². The van der Waals surface area contributed by atoms with Gasteiger partial charge in [-0.3, -0.25) is 0 Å². The molecule has 0 aliphatic carbocycles. The number of esters is 1. The molecule has 0 saturated heterocycles. The Kier molecular flexibility index (Phi) is 6.40. The van der Waals surface area contributed by atoms with Gasteiger partial charge in [0, 0.05) is 11.3 Å². The topological polar surface area (TPSA) is 90.4 Å². The van der Waals surface area contributed by atoms with Crippen LogP contribution in [0.4, 0.5) is 18.9 Å². The van der Waals surface area contributed by atoms with Crippen LogP contribution in [0.2, 0.25) is 0 Å². The molecular formula is C18H20F3N3O2S. The maximum Gasteiger partial charge on any atom is 0.416 e. The Labute approximate surface area is 159 Å². The van der Waals surface area contributed by atoms with Crippen molar-refractivity contribution in [2.45, 2.75) is 24.0 Å². The van der Waals surface area contributed by atoms with Crippen LogP contribution in [-0.4, -0.2) is 13.1 Å². The molecule has 0 spiro atoms. The van der Waals surface area contributed by atoms with Gasteiger partial charge in [0.2, 0.25) is 0 Å². The zero-order valence-electron chi connectivity index (χ0n) is 14.7. The van der Waals surface area contributed by atoms with E-state index in [4.69, 9.17) is 16.2 Å². The molecule has 0 aromatic heterocycles. The number of nitrogens with one attached hydrogen (secondary N) is 1. The monoisotopic (exact) mass is 399 g/mol. The predicted octanol–water partition coefficient (Wildman–Crippen LogP) is 3.57. The summed E-state index contributed by atoms with van der Waals surface area (Å²) in [6.45, 7) is 1.43. The summed E-state index contributed by atoms with van der Waals surface area (Å²) in [5.74, 6) is -0.748. The average molecular weight is 399 g/mol. The van der Waals surface area contributed by atoms with Crippen LogP contribution in [0.15, 0.2) is 48.5 Å². The van der Waals surface area contributed by atoms with Crippen LogP contribution in [0.25, 0.3) is 0 Å². The largest absolute Gasteiger partial charge is 0.467 e.